The zero-order valence-corrected chi connectivity index (χ0v) is 12.8. The van der Waals surface area contributed by atoms with Gasteiger partial charge in [0, 0.05) is 22.4 Å². The van der Waals surface area contributed by atoms with Crippen LogP contribution in [0.3, 0.4) is 0 Å². The first-order valence-corrected chi connectivity index (χ1v) is 7.97. The molecule has 1 N–H and O–H groups in total. The number of nitrogens with zero attached hydrogens (tertiary/aromatic N) is 1. The highest BCUT2D eigenvalue weighted by Crippen LogP contribution is 2.22. The summed E-state index contributed by atoms with van der Waals surface area (Å²) in [7, 11) is 0. The van der Waals surface area contributed by atoms with E-state index in [0.717, 1.165) is 28.8 Å². The molecule has 3 aromatic rings. The van der Waals surface area contributed by atoms with Crippen LogP contribution in [0.15, 0.2) is 47.8 Å². The molecule has 4 heteroatoms. The van der Waals surface area contributed by atoms with Crippen LogP contribution >= 0.6 is 11.3 Å². The Morgan fingerprint density at radius 3 is 2.86 bits per heavy atom. The molecule has 0 fully saturated rings. The number of benzene rings is 1. The van der Waals surface area contributed by atoms with Gasteiger partial charge in [0.05, 0.1) is 18.7 Å². The number of rotatable bonds is 6. The topological polar surface area (TPSA) is 34.2 Å². The third kappa shape index (κ3) is 3.40. The molecule has 0 atom stereocenters. The number of thiophene rings is 1. The molecule has 2 aromatic heterocycles. The minimum atomic E-state index is 0.568. The molecular weight excluding hydrogens is 280 g/mol. The van der Waals surface area contributed by atoms with Crippen molar-refractivity contribution in [3.05, 3.63) is 58.3 Å². The van der Waals surface area contributed by atoms with E-state index in [2.05, 4.69) is 35.8 Å². The van der Waals surface area contributed by atoms with Crippen LogP contribution in [0.1, 0.15) is 17.4 Å². The van der Waals surface area contributed by atoms with E-state index in [-0.39, 0.29) is 0 Å². The van der Waals surface area contributed by atoms with E-state index in [1.807, 2.05) is 24.3 Å². The molecule has 21 heavy (non-hydrogen) atoms. The predicted octanol–water partition coefficient (Wildman–Crippen LogP) is 4.44. The molecule has 3 rings (SSSR count). The van der Waals surface area contributed by atoms with Crippen molar-refractivity contribution in [2.24, 2.45) is 0 Å². The van der Waals surface area contributed by atoms with Gasteiger partial charge in [0.25, 0.3) is 0 Å². The van der Waals surface area contributed by atoms with Gasteiger partial charge in [-0.3, -0.25) is 0 Å². The molecule has 0 amide bonds. The maximum absolute atomic E-state index is 5.83. The highest BCUT2D eigenvalue weighted by molar-refractivity contribution is 7.09. The van der Waals surface area contributed by atoms with Gasteiger partial charge < -0.3 is 10.1 Å². The van der Waals surface area contributed by atoms with Crippen LogP contribution in [0.5, 0.6) is 0 Å². The fourth-order valence-electron chi connectivity index (χ4n) is 2.25. The van der Waals surface area contributed by atoms with E-state index in [4.69, 9.17) is 9.72 Å². The van der Waals surface area contributed by atoms with E-state index < -0.39 is 0 Å². The highest BCUT2D eigenvalue weighted by atomic mass is 32.1. The molecule has 0 aliphatic heterocycles. The Kier molecular flexibility index (Phi) is 4.48. The van der Waals surface area contributed by atoms with Crippen LogP contribution in [-0.4, -0.2) is 11.5 Å². The summed E-state index contributed by atoms with van der Waals surface area (Å²) in [6.07, 6.45) is 0. The van der Waals surface area contributed by atoms with Gasteiger partial charge in [-0.25, -0.2) is 4.98 Å². The van der Waals surface area contributed by atoms with Crippen molar-refractivity contribution < 1.29 is 4.74 Å². The van der Waals surface area contributed by atoms with Gasteiger partial charge >= 0.3 is 0 Å². The van der Waals surface area contributed by atoms with Crippen LogP contribution in [0, 0.1) is 0 Å². The smallest absolute Gasteiger partial charge is 0.132 e. The second kappa shape index (κ2) is 6.70. The lowest BCUT2D eigenvalue weighted by atomic mass is 10.1. The number of anilines is 1. The Bertz CT molecular complexity index is 710. The number of pyridine rings is 1. The summed E-state index contributed by atoms with van der Waals surface area (Å²) in [5.41, 5.74) is 2.11. The molecule has 108 valence electrons. The Balaban J connectivity index is 1.79. The van der Waals surface area contributed by atoms with E-state index in [0.29, 0.717) is 13.2 Å². The van der Waals surface area contributed by atoms with Crippen LogP contribution in [-0.2, 0) is 18.0 Å². The molecule has 1 aromatic carbocycles. The SMILES string of the molecule is CCNc1nc2ccccc2cc1COCc1cccs1. The van der Waals surface area contributed by atoms with Crippen molar-refractivity contribution in [1.29, 1.82) is 0 Å². The number of fused-ring (bicyclic) bond motifs is 1. The average Bonchev–Trinajstić information content (AvgIpc) is 3.01. The lowest BCUT2D eigenvalue weighted by molar-refractivity contribution is 0.109. The van der Waals surface area contributed by atoms with E-state index >= 15 is 0 Å². The van der Waals surface area contributed by atoms with Crippen LogP contribution in [0.2, 0.25) is 0 Å². The molecule has 0 saturated carbocycles. The average molecular weight is 298 g/mol. The summed E-state index contributed by atoms with van der Waals surface area (Å²) in [5, 5.41) is 6.54. The fourth-order valence-corrected chi connectivity index (χ4v) is 2.89. The summed E-state index contributed by atoms with van der Waals surface area (Å²) in [4.78, 5) is 5.94. The molecule has 0 saturated heterocycles. The van der Waals surface area contributed by atoms with Gasteiger partial charge in [0.2, 0.25) is 0 Å². The molecule has 0 aliphatic carbocycles. The first-order valence-electron chi connectivity index (χ1n) is 7.09. The molecule has 3 nitrogen and oxygen atoms in total. The summed E-state index contributed by atoms with van der Waals surface area (Å²) >= 11 is 1.72. The third-order valence-corrected chi connectivity index (χ3v) is 4.08. The van der Waals surface area contributed by atoms with Crippen molar-refractivity contribution in [2.45, 2.75) is 20.1 Å². The number of aromatic nitrogens is 1. The molecular formula is C17H18N2OS. The Morgan fingerprint density at radius 1 is 1.14 bits per heavy atom. The van der Waals surface area contributed by atoms with Gasteiger partial charge in [0.1, 0.15) is 5.82 Å². The Labute approximate surface area is 128 Å². The lowest BCUT2D eigenvalue weighted by Crippen LogP contribution is -2.05. The number of para-hydroxylation sites is 1. The zero-order valence-electron chi connectivity index (χ0n) is 12.0. The molecule has 0 unspecified atom stereocenters. The number of hydrogen-bond donors (Lipinski definition) is 1. The van der Waals surface area contributed by atoms with Crippen molar-refractivity contribution in [2.75, 3.05) is 11.9 Å². The normalized spacial score (nSPS) is 10.9. The molecule has 0 bridgehead atoms. The van der Waals surface area contributed by atoms with E-state index in [1.54, 1.807) is 11.3 Å². The van der Waals surface area contributed by atoms with Gasteiger partial charge in [-0.2, -0.15) is 0 Å². The lowest BCUT2D eigenvalue weighted by Gasteiger charge is -2.11. The molecule has 2 heterocycles. The van der Waals surface area contributed by atoms with Gasteiger partial charge in [-0.1, -0.05) is 24.3 Å². The van der Waals surface area contributed by atoms with Crippen molar-refractivity contribution in [3.8, 4) is 0 Å². The maximum Gasteiger partial charge on any atom is 0.132 e. The van der Waals surface area contributed by atoms with Crippen LogP contribution in [0.4, 0.5) is 5.82 Å². The van der Waals surface area contributed by atoms with Crippen molar-refractivity contribution in [3.63, 3.8) is 0 Å². The van der Waals surface area contributed by atoms with Crippen LogP contribution < -0.4 is 5.32 Å². The zero-order chi connectivity index (χ0) is 14.5. The summed E-state index contributed by atoms with van der Waals surface area (Å²) < 4.78 is 5.83. The highest BCUT2D eigenvalue weighted by Gasteiger charge is 2.07. The summed E-state index contributed by atoms with van der Waals surface area (Å²) in [6, 6.07) is 14.5. The predicted molar refractivity (Wildman–Crippen MR) is 88.7 cm³/mol. The third-order valence-electron chi connectivity index (χ3n) is 3.23. The number of ether oxygens (including phenoxy) is 1. The van der Waals surface area contributed by atoms with Crippen LogP contribution in [0.25, 0.3) is 10.9 Å². The Hall–Kier alpha value is -1.91. The van der Waals surface area contributed by atoms with Crippen molar-refractivity contribution >= 4 is 28.1 Å². The first-order chi connectivity index (χ1) is 10.4. The van der Waals surface area contributed by atoms with Gasteiger partial charge in [0.15, 0.2) is 0 Å². The Morgan fingerprint density at radius 2 is 2.05 bits per heavy atom. The number of nitrogens with one attached hydrogen (secondary N) is 1. The second-order valence-electron chi connectivity index (χ2n) is 4.79. The largest absolute Gasteiger partial charge is 0.371 e. The standard InChI is InChI=1S/C17H18N2OS/c1-2-18-17-14(11-20-12-15-7-5-9-21-15)10-13-6-3-4-8-16(13)19-17/h3-10H,2,11-12H2,1H3,(H,18,19). The van der Waals surface area contributed by atoms with Gasteiger partial charge in [-0.05, 0) is 30.5 Å². The summed E-state index contributed by atoms with van der Waals surface area (Å²) in [6.45, 7) is 4.14. The fraction of sp³-hybridized carbons (Fsp3) is 0.235. The molecule has 0 aliphatic rings. The monoisotopic (exact) mass is 298 g/mol. The minimum absolute atomic E-state index is 0.568. The minimum Gasteiger partial charge on any atom is -0.371 e. The van der Waals surface area contributed by atoms with E-state index in [1.165, 1.54) is 4.88 Å². The quantitative estimate of drug-likeness (QED) is 0.730. The van der Waals surface area contributed by atoms with Crippen molar-refractivity contribution in [1.82, 2.24) is 4.98 Å². The second-order valence-corrected chi connectivity index (χ2v) is 5.82. The van der Waals surface area contributed by atoms with Gasteiger partial charge in [-0.15, -0.1) is 11.3 Å². The summed E-state index contributed by atoms with van der Waals surface area (Å²) in [5.74, 6) is 0.919. The van der Waals surface area contributed by atoms with E-state index in [9.17, 15) is 0 Å². The number of hydrogen-bond acceptors (Lipinski definition) is 4. The first kappa shape index (κ1) is 14.0. The molecule has 0 radical (unpaired) electrons. The molecule has 0 spiro atoms. The maximum atomic E-state index is 5.83.